The van der Waals surface area contributed by atoms with Crippen molar-refractivity contribution in [2.45, 2.75) is 309 Å². The number of carbonyl (C=O) groups excluding carboxylic acids is 3. The van der Waals surface area contributed by atoms with Crippen LogP contribution in [0, 0.1) is 0 Å². The second kappa shape index (κ2) is 54.2. The molecular weight excluding hydrogens is 805 g/mol. The molecule has 0 saturated carbocycles. The molecule has 6 nitrogen and oxygen atoms in total. The minimum atomic E-state index is -0.781. The van der Waals surface area contributed by atoms with Gasteiger partial charge in [-0.05, 0) is 96.3 Å². The van der Waals surface area contributed by atoms with Crippen molar-refractivity contribution in [3.63, 3.8) is 0 Å². The molecule has 0 aromatic carbocycles. The second-order valence-electron chi connectivity index (χ2n) is 19.2. The normalized spacial score (nSPS) is 12.2. The summed E-state index contributed by atoms with van der Waals surface area (Å²) in [5.74, 6) is -0.891. The number of esters is 3. The third-order valence-corrected chi connectivity index (χ3v) is 12.6. The Labute approximate surface area is 404 Å². The quantitative estimate of drug-likeness (QED) is 0.0262. The number of rotatable bonds is 52. The highest BCUT2D eigenvalue weighted by molar-refractivity contribution is 5.71. The summed E-state index contributed by atoms with van der Waals surface area (Å²) in [6.07, 6.45) is 64.1. The Hall–Kier alpha value is -2.37. The van der Waals surface area contributed by atoms with Gasteiger partial charge in [-0.25, -0.2) is 0 Å². The van der Waals surface area contributed by atoms with E-state index in [1.54, 1.807) is 0 Å². The lowest BCUT2D eigenvalue weighted by molar-refractivity contribution is -0.167. The van der Waals surface area contributed by atoms with E-state index in [2.05, 4.69) is 57.2 Å². The summed E-state index contributed by atoms with van der Waals surface area (Å²) in [7, 11) is 0. The van der Waals surface area contributed by atoms with Crippen molar-refractivity contribution >= 4 is 17.9 Å². The van der Waals surface area contributed by atoms with E-state index < -0.39 is 6.10 Å². The SMILES string of the molecule is CCCCCCCC/C=C\CCCCCCCC(=O)OCC(COC(=O)CCCCCCC/C=C\CCCCCCCCCC)OC(=O)CCCCCCC/C=C\CCCCCCCC. The van der Waals surface area contributed by atoms with Gasteiger partial charge in [0.1, 0.15) is 13.2 Å². The average Bonchev–Trinajstić information content (AvgIpc) is 3.30. The van der Waals surface area contributed by atoms with E-state index in [9.17, 15) is 14.4 Å². The van der Waals surface area contributed by atoms with Crippen LogP contribution in [0.5, 0.6) is 0 Å². The Morgan fingerprint density at radius 1 is 0.292 bits per heavy atom. The Kier molecular flexibility index (Phi) is 52.3. The van der Waals surface area contributed by atoms with E-state index in [0.29, 0.717) is 19.3 Å². The van der Waals surface area contributed by atoms with Gasteiger partial charge < -0.3 is 14.2 Å². The van der Waals surface area contributed by atoms with Crippen molar-refractivity contribution in [2.24, 2.45) is 0 Å². The van der Waals surface area contributed by atoms with Gasteiger partial charge in [-0.15, -0.1) is 0 Å². The van der Waals surface area contributed by atoms with E-state index in [4.69, 9.17) is 14.2 Å². The molecule has 0 aromatic heterocycles. The fraction of sp³-hybridized carbons (Fsp3) is 0.847. The topological polar surface area (TPSA) is 78.9 Å². The molecule has 0 radical (unpaired) electrons. The highest BCUT2D eigenvalue weighted by Crippen LogP contribution is 2.15. The summed E-state index contributed by atoms with van der Waals surface area (Å²) in [5.41, 5.74) is 0. The number of carbonyl (C=O) groups is 3. The zero-order valence-corrected chi connectivity index (χ0v) is 43.5. The van der Waals surface area contributed by atoms with Gasteiger partial charge in [-0.2, -0.15) is 0 Å². The van der Waals surface area contributed by atoms with Crippen LogP contribution in [0.1, 0.15) is 303 Å². The summed E-state index contributed by atoms with van der Waals surface area (Å²) >= 11 is 0. The van der Waals surface area contributed by atoms with E-state index in [1.165, 1.54) is 186 Å². The van der Waals surface area contributed by atoms with Crippen LogP contribution in [0.25, 0.3) is 0 Å². The molecule has 0 aliphatic rings. The fourth-order valence-electron chi connectivity index (χ4n) is 8.25. The molecule has 0 N–H and O–H groups in total. The lowest BCUT2D eigenvalue weighted by Gasteiger charge is -2.18. The lowest BCUT2D eigenvalue weighted by atomic mass is 10.1. The molecule has 380 valence electrons. The van der Waals surface area contributed by atoms with E-state index in [1.807, 2.05) is 0 Å². The number of ether oxygens (including phenoxy) is 3. The van der Waals surface area contributed by atoms with Gasteiger partial charge in [0.15, 0.2) is 6.10 Å². The van der Waals surface area contributed by atoms with Crippen LogP contribution >= 0.6 is 0 Å². The zero-order chi connectivity index (χ0) is 47.2. The van der Waals surface area contributed by atoms with Gasteiger partial charge in [0.25, 0.3) is 0 Å². The molecule has 1 atom stereocenters. The van der Waals surface area contributed by atoms with Crippen molar-refractivity contribution in [3.05, 3.63) is 36.5 Å². The van der Waals surface area contributed by atoms with Gasteiger partial charge in [-0.1, -0.05) is 224 Å². The molecule has 0 spiro atoms. The van der Waals surface area contributed by atoms with Crippen LogP contribution in [0.4, 0.5) is 0 Å². The van der Waals surface area contributed by atoms with Gasteiger partial charge >= 0.3 is 17.9 Å². The fourth-order valence-corrected chi connectivity index (χ4v) is 8.25. The van der Waals surface area contributed by atoms with Crippen molar-refractivity contribution in [2.75, 3.05) is 13.2 Å². The Balaban J connectivity index is 4.38. The third-order valence-electron chi connectivity index (χ3n) is 12.6. The molecule has 0 aliphatic heterocycles. The van der Waals surface area contributed by atoms with Crippen LogP contribution in [0.2, 0.25) is 0 Å². The standard InChI is InChI=1S/C59H108O6/c1-4-7-10-13-16-19-22-25-28-29-32-34-37-40-43-46-49-52-58(61)64-55-56(65-59(62)53-50-47-44-41-38-35-31-27-24-21-18-15-12-9-6-3)54-63-57(60)51-48-45-42-39-36-33-30-26-23-20-17-14-11-8-5-2/h26-27,29-32,56H,4-25,28,33-55H2,1-3H3/b30-26-,31-27-,32-29-. The van der Waals surface area contributed by atoms with Crippen molar-refractivity contribution in [1.82, 2.24) is 0 Å². The van der Waals surface area contributed by atoms with Crippen LogP contribution in [0.3, 0.4) is 0 Å². The number of unbranched alkanes of at least 4 members (excludes halogenated alkanes) is 35. The molecule has 0 rings (SSSR count). The van der Waals surface area contributed by atoms with Crippen molar-refractivity contribution in [3.8, 4) is 0 Å². The van der Waals surface area contributed by atoms with Gasteiger partial charge in [0.2, 0.25) is 0 Å². The van der Waals surface area contributed by atoms with Crippen LogP contribution in [-0.4, -0.2) is 37.2 Å². The van der Waals surface area contributed by atoms with E-state index >= 15 is 0 Å². The molecule has 0 saturated heterocycles. The van der Waals surface area contributed by atoms with Crippen molar-refractivity contribution in [1.29, 1.82) is 0 Å². The largest absolute Gasteiger partial charge is 0.462 e. The Morgan fingerprint density at radius 3 is 0.769 bits per heavy atom. The number of hydrogen-bond donors (Lipinski definition) is 0. The maximum atomic E-state index is 12.8. The lowest BCUT2D eigenvalue weighted by Crippen LogP contribution is -2.30. The van der Waals surface area contributed by atoms with E-state index in [-0.39, 0.29) is 31.1 Å². The molecule has 0 fully saturated rings. The third kappa shape index (κ3) is 52.5. The van der Waals surface area contributed by atoms with Crippen LogP contribution in [0.15, 0.2) is 36.5 Å². The predicted molar refractivity (Wildman–Crippen MR) is 279 cm³/mol. The average molecular weight is 914 g/mol. The van der Waals surface area contributed by atoms with Crippen LogP contribution in [-0.2, 0) is 28.6 Å². The molecule has 1 unspecified atom stereocenters. The molecule has 0 bridgehead atoms. The minimum absolute atomic E-state index is 0.0804. The molecular formula is C59H108O6. The monoisotopic (exact) mass is 913 g/mol. The summed E-state index contributed by atoms with van der Waals surface area (Å²) in [6, 6.07) is 0. The first-order chi connectivity index (χ1) is 32.0. The smallest absolute Gasteiger partial charge is 0.306 e. The number of allylic oxidation sites excluding steroid dienone is 6. The molecule has 0 heterocycles. The summed E-state index contributed by atoms with van der Waals surface area (Å²) in [4.78, 5) is 38.1. The first-order valence-electron chi connectivity index (χ1n) is 28.5. The minimum Gasteiger partial charge on any atom is -0.462 e. The summed E-state index contributed by atoms with van der Waals surface area (Å²) in [6.45, 7) is 6.64. The molecule has 0 aromatic rings. The van der Waals surface area contributed by atoms with E-state index in [0.717, 1.165) is 77.0 Å². The highest BCUT2D eigenvalue weighted by Gasteiger charge is 2.19. The molecule has 6 heteroatoms. The Bertz CT molecular complexity index is 1090. The zero-order valence-electron chi connectivity index (χ0n) is 43.5. The van der Waals surface area contributed by atoms with Gasteiger partial charge in [0, 0.05) is 19.3 Å². The maximum absolute atomic E-state index is 12.8. The maximum Gasteiger partial charge on any atom is 0.306 e. The first kappa shape index (κ1) is 62.6. The second-order valence-corrected chi connectivity index (χ2v) is 19.2. The molecule has 65 heavy (non-hydrogen) atoms. The molecule has 0 amide bonds. The first-order valence-corrected chi connectivity index (χ1v) is 28.5. The van der Waals surface area contributed by atoms with Gasteiger partial charge in [-0.3, -0.25) is 14.4 Å². The van der Waals surface area contributed by atoms with Crippen LogP contribution < -0.4 is 0 Å². The Morgan fingerprint density at radius 2 is 0.508 bits per heavy atom. The van der Waals surface area contributed by atoms with Gasteiger partial charge in [0.05, 0.1) is 0 Å². The van der Waals surface area contributed by atoms with Crippen molar-refractivity contribution < 1.29 is 28.6 Å². The highest BCUT2D eigenvalue weighted by atomic mass is 16.6. The summed E-state index contributed by atoms with van der Waals surface area (Å²) < 4.78 is 16.8. The summed E-state index contributed by atoms with van der Waals surface area (Å²) in [5, 5.41) is 0. The molecule has 0 aliphatic carbocycles. The predicted octanol–water partition coefficient (Wildman–Crippen LogP) is 18.9. The number of hydrogen-bond acceptors (Lipinski definition) is 6.